The summed E-state index contributed by atoms with van der Waals surface area (Å²) in [5, 5.41) is 5.98. The SMILES string of the molecule is CCN(CC)C(=O)CN1CCCN(C(=O)NCCNc2ncccn2)CC1. The Kier molecular flexibility index (Phi) is 8.76. The molecule has 0 unspecified atom stereocenters. The maximum atomic E-state index is 12.4. The fourth-order valence-corrected chi connectivity index (χ4v) is 3.05. The first-order valence-electron chi connectivity index (χ1n) is 9.67. The Morgan fingerprint density at radius 1 is 1.07 bits per heavy atom. The topological polar surface area (TPSA) is 93.7 Å². The Hall–Kier alpha value is -2.42. The Morgan fingerprint density at radius 2 is 1.81 bits per heavy atom. The smallest absolute Gasteiger partial charge is 0.317 e. The minimum absolute atomic E-state index is 0.0669. The number of urea groups is 1. The molecule has 2 N–H and O–H groups in total. The highest BCUT2D eigenvalue weighted by atomic mass is 16.2. The third-order valence-electron chi connectivity index (χ3n) is 4.60. The molecule has 0 bridgehead atoms. The molecular weight excluding hydrogens is 346 g/mol. The fourth-order valence-electron chi connectivity index (χ4n) is 3.05. The molecule has 2 heterocycles. The molecule has 9 nitrogen and oxygen atoms in total. The maximum absolute atomic E-state index is 12.4. The van der Waals surface area contributed by atoms with Crippen molar-refractivity contribution in [3.05, 3.63) is 18.5 Å². The van der Waals surface area contributed by atoms with E-state index in [4.69, 9.17) is 0 Å². The summed E-state index contributed by atoms with van der Waals surface area (Å²) in [6, 6.07) is 1.69. The molecule has 0 aliphatic carbocycles. The summed E-state index contributed by atoms with van der Waals surface area (Å²) in [5.74, 6) is 0.710. The van der Waals surface area contributed by atoms with Crippen molar-refractivity contribution in [3.63, 3.8) is 0 Å². The summed E-state index contributed by atoms with van der Waals surface area (Å²) < 4.78 is 0. The van der Waals surface area contributed by atoms with Crippen LogP contribution in [0.15, 0.2) is 18.5 Å². The van der Waals surface area contributed by atoms with E-state index in [-0.39, 0.29) is 11.9 Å². The number of hydrogen-bond donors (Lipinski definition) is 2. The van der Waals surface area contributed by atoms with Gasteiger partial charge in [0.15, 0.2) is 0 Å². The van der Waals surface area contributed by atoms with Gasteiger partial charge in [0.25, 0.3) is 0 Å². The molecule has 1 aliphatic heterocycles. The molecule has 1 saturated heterocycles. The van der Waals surface area contributed by atoms with Gasteiger partial charge in [-0.3, -0.25) is 9.69 Å². The van der Waals surface area contributed by atoms with Crippen LogP contribution in [0.4, 0.5) is 10.7 Å². The molecule has 1 fully saturated rings. The Labute approximate surface area is 161 Å². The average molecular weight is 377 g/mol. The summed E-state index contributed by atoms with van der Waals surface area (Å²) in [6.45, 7) is 9.84. The van der Waals surface area contributed by atoms with Gasteiger partial charge in [-0.15, -0.1) is 0 Å². The Balaban J connectivity index is 1.68. The second-order valence-corrected chi connectivity index (χ2v) is 6.41. The number of aromatic nitrogens is 2. The largest absolute Gasteiger partial charge is 0.352 e. The van der Waals surface area contributed by atoms with Crippen molar-refractivity contribution in [3.8, 4) is 0 Å². The van der Waals surface area contributed by atoms with Crippen LogP contribution in [0.1, 0.15) is 20.3 Å². The van der Waals surface area contributed by atoms with Crippen LogP contribution in [0.2, 0.25) is 0 Å². The molecule has 0 spiro atoms. The molecular formula is C18H31N7O2. The van der Waals surface area contributed by atoms with Crippen molar-refractivity contribution in [2.75, 3.05) is 64.2 Å². The van der Waals surface area contributed by atoms with Crippen molar-refractivity contribution in [2.24, 2.45) is 0 Å². The van der Waals surface area contributed by atoms with Crippen LogP contribution in [-0.2, 0) is 4.79 Å². The van der Waals surface area contributed by atoms with E-state index in [1.807, 2.05) is 23.6 Å². The van der Waals surface area contributed by atoms with Gasteiger partial charge < -0.3 is 20.4 Å². The van der Waals surface area contributed by atoms with Crippen LogP contribution < -0.4 is 10.6 Å². The summed E-state index contributed by atoms with van der Waals surface area (Å²) >= 11 is 0. The number of carbonyl (C=O) groups is 2. The van der Waals surface area contributed by atoms with Gasteiger partial charge >= 0.3 is 6.03 Å². The van der Waals surface area contributed by atoms with Crippen molar-refractivity contribution < 1.29 is 9.59 Å². The van der Waals surface area contributed by atoms with Gasteiger partial charge in [-0.1, -0.05) is 0 Å². The third-order valence-corrected chi connectivity index (χ3v) is 4.60. The minimum Gasteiger partial charge on any atom is -0.352 e. The summed E-state index contributed by atoms with van der Waals surface area (Å²) in [4.78, 5) is 38.6. The quantitative estimate of drug-likeness (QED) is 0.640. The molecule has 0 radical (unpaired) electrons. The highest BCUT2D eigenvalue weighted by Crippen LogP contribution is 2.04. The third kappa shape index (κ3) is 7.01. The highest BCUT2D eigenvalue weighted by molar-refractivity contribution is 5.78. The van der Waals surface area contributed by atoms with Gasteiger partial charge in [0.1, 0.15) is 0 Å². The lowest BCUT2D eigenvalue weighted by Crippen LogP contribution is -2.44. The second kappa shape index (κ2) is 11.3. The van der Waals surface area contributed by atoms with Crippen LogP contribution in [0.5, 0.6) is 0 Å². The molecule has 0 saturated carbocycles. The van der Waals surface area contributed by atoms with E-state index in [1.165, 1.54) is 0 Å². The molecule has 3 amide bonds. The first-order chi connectivity index (χ1) is 13.1. The zero-order chi connectivity index (χ0) is 19.5. The van der Waals surface area contributed by atoms with Gasteiger partial charge in [0.05, 0.1) is 6.54 Å². The zero-order valence-corrected chi connectivity index (χ0v) is 16.4. The zero-order valence-electron chi connectivity index (χ0n) is 16.4. The van der Waals surface area contributed by atoms with Gasteiger partial charge in [0, 0.05) is 64.8 Å². The Morgan fingerprint density at radius 3 is 2.52 bits per heavy atom. The van der Waals surface area contributed by atoms with E-state index < -0.39 is 0 Å². The standard InChI is InChI=1S/C18H31N7O2/c1-3-24(4-2)16(26)15-23-11-6-12-25(14-13-23)18(27)22-10-9-21-17-19-7-5-8-20-17/h5,7-8H,3-4,6,9-15H2,1-2H3,(H,22,27)(H,19,20,21). The van der Waals surface area contributed by atoms with Gasteiger partial charge in [-0.05, 0) is 26.3 Å². The second-order valence-electron chi connectivity index (χ2n) is 6.41. The fraction of sp³-hybridized carbons (Fsp3) is 0.667. The monoisotopic (exact) mass is 377 g/mol. The number of nitrogens with one attached hydrogen (secondary N) is 2. The van der Waals surface area contributed by atoms with E-state index in [9.17, 15) is 9.59 Å². The Bertz CT molecular complexity index is 580. The first kappa shape index (κ1) is 20.9. The molecule has 0 atom stereocenters. The average Bonchev–Trinajstić information content (AvgIpc) is 2.92. The van der Waals surface area contributed by atoms with E-state index in [1.54, 1.807) is 18.5 Å². The highest BCUT2D eigenvalue weighted by Gasteiger charge is 2.21. The molecule has 0 aromatic carbocycles. The molecule has 1 aromatic heterocycles. The first-order valence-corrected chi connectivity index (χ1v) is 9.67. The number of amides is 3. The van der Waals surface area contributed by atoms with Crippen LogP contribution >= 0.6 is 0 Å². The molecule has 150 valence electrons. The summed E-state index contributed by atoms with van der Waals surface area (Å²) in [7, 11) is 0. The van der Waals surface area contributed by atoms with Gasteiger partial charge in [-0.25, -0.2) is 14.8 Å². The van der Waals surface area contributed by atoms with E-state index in [0.29, 0.717) is 38.7 Å². The lowest BCUT2D eigenvalue weighted by molar-refractivity contribution is -0.132. The normalized spacial score (nSPS) is 15.1. The van der Waals surface area contributed by atoms with Crippen molar-refractivity contribution in [1.29, 1.82) is 0 Å². The number of carbonyl (C=O) groups excluding carboxylic acids is 2. The van der Waals surface area contributed by atoms with Crippen LogP contribution in [-0.4, -0.2) is 95.5 Å². The van der Waals surface area contributed by atoms with Crippen LogP contribution in [0.3, 0.4) is 0 Å². The van der Waals surface area contributed by atoms with Crippen molar-refractivity contribution in [2.45, 2.75) is 20.3 Å². The molecule has 27 heavy (non-hydrogen) atoms. The van der Waals surface area contributed by atoms with E-state index in [0.717, 1.165) is 32.6 Å². The minimum atomic E-state index is -0.0669. The predicted molar refractivity (Wildman–Crippen MR) is 104 cm³/mol. The van der Waals surface area contributed by atoms with Crippen molar-refractivity contribution >= 4 is 17.9 Å². The number of nitrogens with zero attached hydrogens (tertiary/aromatic N) is 5. The lowest BCUT2D eigenvalue weighted by Gasteiger charge is -2.25. The number of anilines is 1. The number of likely N-dealkylation sites (N-methyl/N-ethyl adjacent to an activating group) is 1. The van der Waals surface area contributed by atoms with Crippen LogP contribution in [0.25, 0.3) is 0 Å². The number of rotatable bonds is 8. The van der Waals surface area contributed by atoms with Crippen LogP contribution in [0, 0.1) is 0 Å². The van der Waals surface area contributed by atoms with E-state index in [2.05, 4.69) is 25.5 Å². The molecule has 2 rings (SSSR count). The lowest BCUT2D eigenvalue weighted by atomic mass is 10.3. The number of hydrogen-bond acceptors (Lipinski definition) is 6. The summed E-state index contributed by atoms with van der Waals surface area (Å²) in [5.41, 5.74) is 0. The predicted octanol–water partition coefficient (Wildman–Crippen LogP) is 0.474. The molecule has 1 aliphatic rings. The van der Waals surface area contributed by atoms with Crippen molar-refractivity contribution in [1.82, 2.24) is 30.0 Å². The van der Waals surface area contributed by atoms with Gasteiger partial charge in [0.2, 0.25) is 11.9 Å². The molecule has 9 heteroatoms. The maximum Gasteiger partial charge on any atom is 0.317 e. The van der Waals surface area contributed by atoms with Gasteiger partial charge in [-0.2, -0.15) is 0 Å². The van der Waals surface area contributed by atoms with E-state index >= 15 is 0 Å². The summed E-state index contributed by atoms with van der Waals surface area (Å²) in [6.07, 6.45) is 4.21. The molecule has 1 aromatic rings.